The van der Waals surface area contributed by atoms with E-state index >= 15 is 0 Å². The van der Waals surface area contributed by atoms with Gasteiger partial charge in [-0.3, -0.25) is 0 Å². The third-order valence-electron chi connectivity index (χ3n) is 2.38. The molecule has 0 bridgehead atoms. The minimum absolute atomic E-state index is 0.213. The molecule has 0 aromatic heterocycles. The molecule has 0 aliphatic heterocycles. The Morgan fingerprint density at radius 2 is 1.46 bits per heavy atom. The molecule has 0 atom stereocenters. The second kappa shape index (κ2) is 5.74. The summed E-state index contributed by atoms with van der Waals surface area (Å²) in [7, 11) is 0. The lowest BCUT2D eigenvalue weighted by atomic mass is 9.80. The van der Waals surface area contributed by atoms with Crippen LogP contribution in [0.1, 0.15) is 60.3 Å². The molecule has 1 heteroatoms. The van der Waals surface area contributed by atoms with E-state index in [1.165, 1.54) is 30.5 Å². The number of thiocarbonyl (C=S) groups is 1. The topological polar surface area (TPSA) is 0 Å². The van der Waals surface area contributed by atoms with Crippen molar-refractivity contribution in [1.29, 1.82) is 0 Å². The zero-order valence-electron chi connectivity index (χ0n) is 9.81. The summed E-state index contributed by atoms with van der Waals surface area (Å²) in [6, 6.07) is 0. The molecule has 0 saturated carbocycles. The van der Waals surface area contributed by atoms with Gasteiger partial charge in [0.25, 0.3) is 0 Å². The van der Waals surface area contributed by atoms with Gasteiger partial charge >= 0.3 is 0 Å². The van der Waals surface area contributed by atoms with Crippen molar-refractivity contribution < 1.29 is 0 Å². The van der Waals surface area contributed by atoms with E-state index in [0.717, 1.165) is 0 Å². The standard InChI is InChI=1S/C12H24S/c1-6-8-10(9-7-2)11(13)12(3,4)5/h10H,6-9H2,1-5H3. The van der Waals surface area contributed by atoms with Gasteiger partial charge in [0.05, 0.1) is 0 Å². The fourth-order valence-electron chi connectivity index (χ4n) is 1.72. The molecule has 0 amide bonds. The maximum absolute atomic E-state index is 5.54. The molecular formula is C12H24S. The lowest BCUT2D eigenvalue weighted by Crippen LogP contribution is -2.26. The zero-order chi connectivity index (χ0) is 10.5. The molecule has 0 aliphatic carbocycles. The molecule has 0 heterocycles. The van der Waals surface area contributed by atoms with Crippen molar-refractivity contribution in [2.24, 2.45) is 11.3 Å². The van der Waals surface area contributed by atoms with Crippen molar-refractivity contribution in [3.63, 3.8) is 0 Å². The minimum Gasteiger partial charge on any atom is -0.0888 e. The normalized spacial score (nSPS) is 12.2. The highest BCUT2D eigenvalue weighted by Gasteiger charge is 2.23. The average Bonchev–Trinajstić information content (AvgIpc) is 2.01. The Bertz CT molecular complexity index is 147. The van der Waals surface area contributed by atoms with Gasteiger partial charge in [-0.15, -0.1) is 0 Å². The number of rotatable bonds is 5. The molecule has 78 valence electrons. The Morgan fingerprint density at radius 3 is 1.69 bits per heavy atom. The number of hydrogen-bond donors (Lipinski definition) is 0. The highest BCUT2D eigenvalue weighted by atomic mass is 32.1. The summed E-state index contributed by atoms with van der Waals surface area (Å²) in [4.78, 5) is 1.27. The van der Waals surface area contributed by atoms with Crippen molar-refractivity contribution in [3.8, 4) is 0 Å². The van der Waals surface area contributed by atoms with E-state index in [1.54, 1.807) is 0 Å². The van der Waals surface area contributed by atoms with Gasteiger partial charge < -0.3 is 0 Å². The summed E-state index contributed by atoms with van der Waals surface area (Å²) in [5, 5.41) is 0. The fraction of sp³-hybridized carbons (Fsp3) is 0.917. The van der Waals surface area contributed by atoms with E-state index in [1.807, 2.05) is 0 Å². The van der Waals surface area contributed by atoms with Crippen LogP contribution in [0.25, 0.3) is 0 Å². The van der Waals surface area contributed by atoms with Crippen LogP contribution in [0.4, 0.5) is 0 Å². The Hall–Kier alpha value is 0.0900. The Balaban J connectivity index is 4.27. The first-order valence-corrected chi connectivity index (χ1v) is 5.88. The molecule has 0 spiro atoms. The van der Waals surface area contributed by atoms with E-state index < -0.39 is 0 Å². The van der Waals surface area contributed by atoms with Gasteiger partial charge in [0.2, 0.25) is 0 Å². The van der Waals surface area contributed by atoms with Gasteiger partial charge in [0.1, 0.15) is 0 Å². The van der Waals surface area contributed by atoms with Crippen molar-refractivity contribution in [2.75, 3.05) is 0 Å². The molecule has 0 unspecified atom stereocenters. The maximum atomic E-state index is 5.54. The van der Waals surface area contributed by atoms with Crippen LogP contribution >= 0.6 is 12.2 Å². The quantitative estimate of drug-likeness (QED) is 0.584. The molecule has 0 rings (SSSR count). The summed E-state index contributed by atoms with van der Waals surface area (Å²) in [6.45, 7) is 11.2. The van der Waals surface area contributed by atoms with Crippen molar-refractivity contribution in [1.82, 2.24) is 0 Å². The first kappa shape index (κ1) is 13.1. The van der Waals surface area contributed by atoms with Crippen molar-refractivity contribution in [2.45, 2.75) is 60.3 Å². The lowest BCUT2D eigenvalue weighted by Gasteiger charge is -2.27. The van der Waals surface area contributed by atoms with Crippen LogP contribution in [-0.4, -0.2) is 4.86 Å². The Labute approximate surface area is 89.1 Å². The number of hydrogen-bond acceptors (Lipinski definition) is 1. The van der Waals surface area contributed by atoms with E-state index in [-0.39, 0.29) is 5.41 Å². The summed E-state index contributed by atoms with van der Waals surface area (Å²) < 4.78 is 0. The maximum Gasteiger partial charge on any atom is 0.00129 e. The van der Waals surface area contributed by atoms with E-state index in [2.05, 4.69) is 34.6 Å². The monoisotopic (exact) mass is 200 g/mol. The predicted molar refractivity (Wildman–Crippen MR) is 65.4 cm³/mol. The van der Waals surface area contributed by atoms with Crippen LogP contribution in [0.15, 0.2) is 0 Å². The smallest absolute Gasteiger partial charge is 0.00129 e. The molecule has 0 aromatic carbocycles. The molecule has 0 fully saturated rings. The van der Waals surface area contributed by atoms with Gasteiger partial charge in [0.15, 0.2) is 0 Å². The Morgan fingerprint density at radius 1 is 1.08 bits per heavy atom. The molecule has 0 N–H and O–H groups in total. The predicted octanol–water partition coefficient (Wildman–Crippen LogP) is 4.62. The lowest BCUT2D eigenvalue weighted by molar-refractivity contribution is 0.495. The third kappa shape index (κ3) is 4.75. The highest BCUT2D eigenvalue weighted by molar-refractivity contribution is 7.80. The van der Waals surface area contributed by atoms with Gasteiger partial charge in [-0.2, -0.15) is 0 Å². The molecule has 0 nitrogen and oxygen atoms in total. The van der Waals surface area contributed by atoms with E-state index in [4.69, 9.17) is 12.2 Å². The van der Waals surface area contributed by atoms with Crippen LogP contribution in [-0.2, 0) is 0 Å². The highest BCUT2D eigenvalue weighted by Crippen LogP contribution is 2.27. The van der Waals surface area contributed by atoms with Gasteiger partial charge in [0, 0.05) is 4.86 Å². The van der Waals surface area contributed by atoms with Crippen LogP contribution in [0.5, 0.6) is 0 Å². The second-order valence-electron chi connectivity index (χ2n) is 4.89. The first-order chi connectivity index (χ1) is 5.93. The van der Waals surface area contributed by atoms with Gasteiger partial charge in [-0.1, -0.05) is 59.7 Å². The summed E-state index contributed by atoms with van der Waals surface area (Å²) in [5.41, 5.74) is 0.213. The fourth-order valence-corrected chi connectivity index (χ4v) is 1.95. The van der Waals surface area contributed by atoms with Crippen molar-refractivity contribution >= 4 is 17.1 Å². The third-order valence-corrected chi connectivity index (χ3v) is 3.33. The molecule has 0 aliphatic rings. The van der Waals surface area contributed by atoms with Gasteiger partial charge in [-0.05, 0) is 24.2 Å². The summed E-state index contributed by atoms with van der Waals surface area (Å²) >= 11 is 5.54. The van der Waals surface area contributed by atoms with Crippen LogP contribution in [0.3, 0.4) is 0 Å². The van der Waals surface area contributed by atoms with E-state index in [0.29, 0.717) is 5.92 Å². The minimum atomic E-state index is 0.213. The van der Waals surface area contributed by atoms with Crippen molar-refractivity contribution in [3.05, 3.63) is 0 Å². The molecule has 0 saturated heterocycles. The van der Waals surface area contributed by atoms with Crippen LogP contribution in [0, 0.1) is 11.3 Å². The largest absolute Gasteiger partial charge is 0.0888 e. The SMILES string of the molecule is CCCC(CCC)C(=S)C(C)(C)C. The summed E-state index contributed by atoms with van der Waals surface area (Å²) in [5.74, 6) is 0.671. The zero-order valence-corrected chi connectivity index (χ0v) is 10.6. The second-order valence-corrected chi connectivity index (χ2v) is 5.33. The molecule has 0 aromatic rings. The Kier molecular flexibility index (Phi) is 5.78. The van der Waals surface area contributed by atoms with Crippen LogP contribution < -0.4 is 0 Å². The molecule has 13 heavy (non-hydrogen) atoms. The summed E-state index contributed by atoms with van der Waals surface area (Å²) in [6.07, 6.45) is 5.04. The molecule has 0 radical (unpaired) electrons. The average molecular weight is 200 g/mol. The first-order valence-electron chi connectivity index (χ1n) is 5.47. The van der Waals surface area contributed by atoms with Crippen LogP contribution in [0.2, 0.25) is 0 Å². The molecular weight excluding hydrogens is 176 g/mol. The van der Waals surface area contributed by atoms with E-state index in [9.17, 15) is 0 Å². The van der Waals surface area contributed by atoms with Gasteiger partial charge in [-0.25, -0.2) is 0 Å².